The normalized spacial score (nSPS) is 23.1. The predicted octanol–water partition coefficient (Wildman–Crippen LogP) is 1.18. The number of carbonyl (C=O) groups is 1. The summed E-state index contributed by atoms with van der Waals surface area (Å²) in [6.45, 7) is 6.20. The molecule has 2 heterocycles. The molecule has 1 aromatic rings. The van der Waals surface area contributed by atoms with Gasteiger partial charge in [0.05, 0.1) is 17.7 Å². The number of hydrogen-bond donors (Lipinski definition) is 2. The number of piperidine rings is 1. The SMILES string of the molecule is CCC1(C(=O)NCc2ccnc(C)n2)CCCNC1. The number of carbonyl (C=O) groups excluding carboxylic acids is 1. The van der Waals surface area contributed by atoms with E-state index in [9.17, 15) is 4.79 Å². The fraction of sp³-hybridized carbons (Fsp3) is 0.643. The molecular weight excluding hydrogens is 240 g/mol. The Labute approximate surface area is 114 Å². The van der Waals surface area contributed by atoms with E-state index in [0.717, 1.165) is 43.9 Å². The predicted molar refractivity (Wildman–Crippen MR) is 73.4 cm³/mol. The van der Waals surface area contributed by atoms with E-state index in [2.05, 4.69) is 27.5 Å². The lowest BCUT2D eigenvalue weighted by Gasteiger charge is -2.35. The minimum absolute atomic E-state index is 0.137. The fourth-order valence-electron chi connectivity index (χ4n) is 2.59. The number of nitrogens with one attached hydrogen (secondary N) is 2. The second-order valence-electron chi connectivity index (χ2n) is 5.19. The first-order valence-electron chi connectivity index (χ1n) is 6.94. The summed E-state index contributed by atoms with van der Waals surface area (Å²) < 4.78 is 0. The quantitative estimate of drug-likeness (QED) is 0.855. The van der Waals surface area contributed by atoms with Gasteiger partial charge in [0.15, 0.2) is 0 Å². The summed E-state index contributed by atoms with van der Waals surface area (Å²) in [6, 6.07) is 1.84. The zero-order valence-corrected chi connectivity index (χ0v) is 11.7. The minimum Gasteiger partial charge on any atom is -0.350 e. The van der Waals surface area contributed by atoms with Gasteiger partial charge in [0.25, 0.3) is 0 Å². The smallest absolute Gasteiger partial charge is 0.227 e. The Bertz CT molecular complexity index is 441. The number of nitrogens with zero attached hydrogens (tertiary/aromatic N) is 2. The van der Waals surface area contributed by atoms with Crippen molar-refractivity contribution in [2.24, 2.45) is 5.41 Å². The zero-order valence-electron chi connectivity index (χ0n) is 11.7. The highest BCUT2D eigenvalue weighted by Crippen LogP contribution is 2.30. The molecule has 1 aliphatic rings. The molecule has 1 aliphatic heterocycles. The van der Waals surface area contributed by atoms with Gasteiger partial charge in [0, 0.05) is 12.7 Å². The van der Waals surface area contributed by atoms with Gasteiger partial charge in [-0.1, -0.05) is 6.92 Å². The lowest BCUT2D eigenvalue weighted by atomic mass is 9.77. The molecule has 5 heteroatoms. The number of rotatable bonds is 4. The summed E-state index contributed by atoms with van der Waals surface area (Å²) in [6.07, 6.45) is 4.62. The van der Waals surface area contributed by atoms with Crippen LogP contribution in [-0.4, -0.2) is 29.0 Å². The Hall–Kier alpha value is -1.49. The number of aryl methyl sites for hydroxylation is 1. The van der Waals surface area contributed by atoms with Crippen LogP contribution in [0, 0.1) is 12.3 Å². The molecule has 1 fully saturated rings. The van der Waals surface area contributed by atoms with E-state index in [1.165, 1.54) is 0 Å². The highest BCUT2D eigenvalue weighted by atomic mass is 16.2. The maximum atomic E-state index is 12.4. The Balaban J connectivity index is 1.96. The van der Waals surface area contributed by atoms with Crippen LogP contribution in [0.2, 0.25) is 0 Å². The van der Waals surface area contributed by atoms with Gasteiger partial charge in [-0.05, 0) is 38.8 Å². The third-order valence-electron chi connectivity index (χ3n) is 3.89. The van der Waals surface area contributed by atoms with Crippen LogP contribution >= 0.6 is 0 Å². The molecule has 0 aliphatic carbocycles. The lowest BCUT2D eigenvalue weighted by Crippen LogP contribution is -2.50. The Kier molecular flexibility index (Phi) is 4.47. The first-order valence-corrected chi connectivity index (χ1v) is 6.94. The Morgan fingerprint density at radius 2 is 2.42 bits per heavy atom. The molecule has 104 valence electrons. The van der Waals surface area contributed by atoms with Gasteiger partial charge in [-0.2, -0.15) is 0 Å². The molecule has 0 bridgehead atoms. The zero-order chi connectivity index (χ0) is 13.7. The molecule has 1 atom stereocenters. The molecule has 0 spiro atoms. The molecule has 0 radical (unpaired) electrons. The van der Waals surface area contributed by atoms with Gasteiger partial charge >= 0.3 is 0 Å². The van der Waals surface area contributed by atoms with Crippen LogP contribution < -0.4 is 10.6 Å². The van der Waals surface area contributed by atoms with E-state index in [1.807, 2.05) is 13.0 Å². The summed E-state index contributed by atoms with van der Waals surface area (Å²) >= 11 is 0. The van der Waals surface area contributed by atoms with Crippen molar-refractivity contribution in [2.45, 2.75) is 39.7 Å². The standard InChI is InChI=1S/C14H22N4O/c1-3-14(6-4-7-15-10-14)13(19)17-9-12-5-8-16-11(2)18-12/h5,8,15H,3-4,6-7,9-10H2,1-2H3,(H,17,19). The molecule has 2 rings (SSSR count). The molecule has 0 aromatic carbocycles. The van der Waals surface area contributed by atoms with Crippen molar-refractivity contribution in [3.63, 3.8) is 0 Å². The monoisotopic (exact) mass is 262 g/mol. The Morgan fingerprint density at radius 3 is 3.05 bits per heavy atom. The van der Waals surface area contributed by atoms with Crippen LogP contribution in [0.25, 0.3) is 0 Å². The van der Waals surface area contributed by atoms with Crippen LogP contribution in [0.3, 0.4) is 0 Å². The maximum absolute atomic E-state index is 12.4. The Morgan fingerprint density at radius 1 is 1.58 bits per heavy atom. The van der Waals surface area contributed by atoms with Crippen molar-refractivity contribution in [3.8, 4) is 0 Å². The van der Waals surface area contributed by atoms with Crippen LogP contribution in [0.5, 0.6) is 0 Å². The van der Waals surface area contributed by atoms with E-state index in [0.29, 0.717) is 6.54 Å². The van der Waals surface area contributed by atoms with Crippen molar-refractivity contribution in [2.75, 3.05) is 13.1 Å². The number of hydrogen-bond acceptors (Lipinski definition) is 4. The van der Waals surface area contributed by atoms with Crippen LogP contribution in [-0.2, 0) is 11.3 Å². The summed E-state index contributed by atoms with van der Waals surface area (Å²) in [4.78, 5) is 20.8. The van der Waals surface area contributed by atoms with Crippen molar-refractivity contribution in [1.29, 1.82) is 0 Å². The highest BCUT2D eigenvalue weighted by Gasteiger charge is 2.37. The summed E-state index contributed by atoms with van der Waals surface area (Å²) in [7, 11) is 0. The molecule has 0 saturated carbocycles. The van der Waals surface area contributed by atoms with E-state index >= 15 is 0 Å². The topological polar surface area (TPSA) is 66.9 Å². The van der Waals surface area contributed by atoms with Gasteiger partial charge in [-0.25, -0.2) is 9.97 Å². The summed E-state index contributed by atoms with van der Waals surface area (Å²) in [5.74, 6) is 0.870. The molecular formula is C14H22N4O. The van der Waals surface area contributed by atoms with Gasteiger partial charge in [0.2, 0.25) is 5.91 Å². The fourth-order valence-corrected chi connectivity index (χ4v) is 2.59. The average molecular weight is 262 g/mol. The van der Waals surface area contributed by atoms with Crippen molar-refractivity contribution in [3.05, 3.63) is 23.8 Å². The first-order chi connectivity index (χ1) is 9.16. The molecule has 1 aromatic heterocycles. The highest BCUT2D eigenvalue weighted by molar-refractivity contribution is 5.82. The molecule has 19 heavy (non-hydrogen) atoms. The maximum Gasteiger partial charge on any atom is 0.227 e. The number of aromatic nitrogens is 2. The third-order valence-corrected chi connectivity index (χ3v) is 3.89. The molecule has 1 unspecified atom stereocenters. The van der Waals surface area contributed by atoms with Crippen LogP contribution in [0.15, 0.2) is 12.3 Å². The lowest BCUT2D eigenvalue weighted by molar-refractivity contribution is -0.132. The minimum atomic E-state index is -0.250. The second-order valence-corrected chi connectivity index (χ2v) is 5.19. The molecule has 1 amide bonds. The van der Waals surface area contributed by atoms with Crippen molar-refractivity contribution in [1.82, 2.24) is 20.6 Å². The summed E-state index contributed by atoms with van der Waals surface area (Å²) in [5.41, 5.74) is 0.608. The van der Waals surface area contributed by atoms with Crippen molar-refractivity contribution >= 4 is 5.91 Å². The van der Waals surface area contributed by atoms with Gasteiger partial charge in [-0.3, -0.25) is 4.79 Å². The molecule has 1 saturated heterocycles. The van der Waals surface area contributed by atoms with Crippen LogP contribution in [0.4, 0.5) is 0 Å². The van der Waals surface area contributed by atoms with Crippen molar-refractivity contribution < 1.29 is 4.79 Å². The van der Waals surface area contributed by atoms with E-state index < -0.39 is 0 Å². The molecule has 5 nitrogen and oxygen atoms in total. The van der Waals surface area contributed by atoms with E-state index in [-0.39, 0.29) is 11.3 Å². The van der Waals surface area contributed by atoms with Gasteiger partial charge < -0.3 is 10.6 Å². The number of amides is 1. The average Bonchev–Trinajstić information content (AvgIpc) is 2.45. The largest absolute Gasteiger partial charge is 0.350 e. The van der Waals surface area contributed by atoms with E-state index in [4.69, 9.17) is 0 Å². The summed E-state index contributed by atoms with van der Waals surface area (Å²) in [5, 5.41) is 6.35. The third kappa shape index (κ3) is 3.29. The molecule has 2 N–H and O–H groups in total. The van der Waals surface area contributed by atoms with E-state index in [1.54, 1.807) is 6.20 Å². The van der Waals surface area contributed by atoms with Gasteiger partial charge in [-0.15, -0.1) is 0 Å². The van der Waals surface area contributed by atoms with Gasteiger partial charge in [0.1, 0.15) is 5.82 Å². The van der Waals surface area contributed by atoms with Crippen LogP contribution in [0.1, 0.15) is 37.7 Å². The first kappa shape index (κ1) is 13.9. The second kappa shape index (κ2) is 6.10.